The molecular weight excluding hydrogens is 638 g/mol. The van der Waals surface area contributed by atoms with Crippen molar-refractivity contribution in [3.63, 3.8) is 0 Å². The molecule has 0 bridgehead atoms. The maximum atomic E-state index is 14.3. The summed E-state index contributed by atoms with van der Waals surface area (Å²) >= 11 is 0. The van der Waals surface area contributed by atoms with Gasteiger partial charge in [0.2, 0.25) is 0 Å². The number of aromatic nitrogens is 2. The Morgan fingerprint density at radius 3 is 2.50 bits per heavy atom. The number of halogens is 2. The van der Waals surface area contributed by atoms with E-state index >= 15 is 0 Å². The normalized spacial score (nSPS) is 14.9. The second-order valence-electron chi connectivity index (χ2n) is 14.3. The minimum atomic E-state index is -3.41. The molecule has 0 saturated heterocycles. The molecule has 2 aromatic carbocycles. The molecule has 1 atom stereocenters. The van der Waals surface area contributed by atoms with Gasteiger partial charge in [-0.1, -0.05) is 43.9 Å². The SMILES string of the molecule is COc1c(C2=CCN(C(=O)OC(C)(C)C)CC2)cc(C(=O)NC(C)c2cccc(C(F)(F)CO)c2)c2c1cnn2COCC[Si](C)(C)C. The molecular formula is C35H48F2N4O6Si. The predicted molar refractivity (Wildman–Crippen MR) is 184 cm³/mol. The molecule has 2 N–H and O–H groups in total. The number of amides is 2. The summed E-state index contributed by atoms with van der Waals surface area (Å²) in [5.74, 6) is -3.31. The van der Waals surface area contributed by atoms with Gasteiger partial charge in [0.1, 0.15) is 24.7 Å². The fourth-order valence-electron chi connectivity index (χ4n) is 5.41. The third-order valence-electron chi connectivity index (χ3n) is 8.09. The lowest BCUT2D eigenvalue weighted by molar-refractivity contribution is -0.0556. The highest BCUT2D eigenvalue weighted by Gasteiger charge is 2.32. The highest BCUT2D eigenvalue weighted by atomic mass is 28.3. The molecule has 0 spiro atoms. The number of hydrogen-bond donors (Lipinski definition) is 2. The summed E-state index contributed by atoms with van der Waals surface area (Å²) in [4.78, 5) is 28.4. The average Bonchev–Trinajstić information content (AvgIpc) is 3.45. The van der Waals surface area contributed by atoms with Gasteiger partial charge in [-0.25, -0.2) is 9.48 Å². The van der Waals surface area contributed by atoms with Crippen molar-refractivity contribution in [1.29, 1.82) is 0 Å². The van der Waals surface area contributed by atoms with E-state index in [-0.39, 0.29) is 12.3 Å². The minimum absolute atomic E-state index is 0.123. The van der Waals surface area contributed by atoms with Gasteiger partial charge in [-0.2, -0.15) is 13.9 Å². The molecule has 2 heterocycles. The molecule has 13 heteroatoms. The number of methoxy groups -OCH3 is 1. The molecule has 0 radical (unpaired) electrons. The van der Waals surface area contributed by atoms with Gasteiger partial charge < -0.3 is 29.5 Å². The van der Waals surface area contributed by atoms with E-state index in [1.165, 1.54) is 18.2 Å². The zero-order chi connectivity index (χ0) is 35.4. The van der Waals surface area contributed by atoms with Crippen LogP contribution in [0.3, 0.4) is 0 Å². The molecule has 1 aliphatic rings. The topological polar surface area (TPSA) is 115 Å². The zero-order valence-electron chi connectivity index (χ0n) is 29.2. The molecule has 262 valence electrons. The molecule has 0 saturated carbocycles. The molecule has 10 nitrogen and oxygen atoms in total. The summed E-state index contributed by atoms with van der Waals surface area (Å²) in [5, 5.41) is 17.3. The Morgan fingerprint density at radius 1 is 1.17 bits per heavy atom. The number of nitrogens with one attached hydrogen (secondary N) is 1. The zero-order valence-corrected chi connectivity index (χ0v) is 30.2. The molecule has 3 aromatic rings. The number of rotatable bonds is 12. The highest BCUT2D eigenvalue weighted by molar-refractivity contribution is 6.76. The first kappa shape index (κ1) is 37.0. The Labute approximate surface area is 282 Å². The number of carbonyl (C=O) groups excluding carboxylic acids is 2. The number of alkyl halides is 2. The van der Waals surface area contributed by atoms with E-state index < -0.39 is 44.2 Å². The monoisotopic (exact) mass is 686 g/mol. The van der Waals surface area contributed by atoms with Crippen LogP contribution in [0, 0.1) is 0 Å². The predicted octanol–water partition coefficient (Wildman–Crippen LogP) is 6.96. The molecule has 1 aromatic heterocycles. The van der Waals surface area contributed by atoms with Crippen molar-refractivity contribution in [3.8, 4) is 5.75 Å². The van der Waals surface area contributed by atoms with Crippen molar-refractivity contribution in [2.45, 2.75) is 84.1 Å². The summed E-state index contributed by atoms with van der Waals surface area (Å²) in [7, 11) is 0.228. The smallest absolute Gasteiger partial charge is 0.410 e. The number of hydrogen-bond acceptors (Lipinski definition) is 7. The van der Waals surface area contributed by atoms with Crippen molar-refractivity contribution in [3.05, 3.63) is 64.9 Å². The summed E-state index contributed by atoms with van der Waals surface area (Å²) in [6, 6.07) is 7.74. The van der Waals surface area contributed by atoms with E-state index in [4.69, 9.17) is 14.2 Å². The van der Waals surface area contributed by atoms with Crippen LogP contribution in [0.5, 0.6) is 5.75 Å². The number of benzene rings is 2. The maximum Gasteiger partial charge on any atom is 0.410 e. The van der Waals surface area contributed by atoms with Gasteiger partial charge in [-0.05, 0) is 63.4 Å². The van der Waals surface area contributed by atoms with Crippen LogP contribution in [0.25, 0.3) is 16.5 Å². The van der Waals surface area contributed by atoms with Crippen LogP contribution in [-0.4, -0.2) is 78.9 Å². The van der Waals surface area contributed by atoms with Crippen molar-refractivity contribution in [2.24, 2.45) is 0 Å². The molecule has 0 aliphatic carbocycles. The molecule has 0 fully saturated rings. The lowest BCUT2D eigenvalue weighted by Crippen LogP contribution is -2.39. The number of aliphatic hydroxyl groups is 1. The third kappa shape index (κ3) is 9.00. The van der Waals surface area contributed by atoms with E-state index in [1.807, 2.05) is 26.8 Å². The van der Waals surface area contributed by atoms with Crippen LogP contribution >= 0.6 is 0 Å². The van der Waals surface area contributed by atoms with Crippen molar-refractivity contribution in [2.75, 3.05) is 33.4 Å². The summed E-state index contributed by atoms with van der Waals surface area (Å²) < 4.78 is 47.6. The molecule has 48 heavy (non-hydrogen) atoms. The van der Waals surface area contributed by atoms with E-state index in [9.17, 15) is 23.5 Å². The summed E-state index contributed by atoms with van der Waals surface area (Å²) in [6.07, 6.45) is 3.68. The second-order valence-corrected chi connectivity index (χ2v) is 20.0. The van der Waals surface area contributed by atoms with Crippen molar-refractivity contribution >= 4 is 36.6 Å². The molecule has 1 unspecified atom stereocenters. The minimum Gasteiger partial charge on any atom is -0.495 e. The van der Waals surface area contributed by atoms with E-state index in [0.717, 1.165) is 11.6 Å². The fourth-order valence-corrected chi connectivity index (χ4v) is 6.17. The quantitative estimate of drug-likeness (QED) is 0.156. The lowest BCUT2D eigenvalue weighted by Gasteiger charge is -2.30. The van der Waals surface area contributed by atoms with E-state index in [2.05, 4.69) is 30.1 Å². The Kier molecular flexibility index (Phi) is 11.4. The van der Waals surface area contributed by atoms with Crippen LogP contribution in [0.15, 0.2) is 42.6 Å². The Bertz CT molecular complexity index is 1660. The molecule has 4 rings (SSSR count). The maximum absolute atomic E-state index is 14.3. The van der Waals surface area contributed by atoms with Crippen molar-refractivity contribution < 1.29 is 37.7 Å². The first-order chi connectivity index (χ1) is 22.4. The van der Waals surface area contributed by atoms with E-state index in [1.54, 1.807) is 41.9 Å². The van der Waals surface area contributed by atoms with Crippen LogP contribution in [-0.2, 0) is 22.1 Å². The van der Waals surface area contributed by atoms with Gasteiger partial charge in [0.15, 0.2) is 0 Å². The second kappa shape index (κ2) is 14.7. The number of aliphatic hydroxyl groups excluding tert-OH is 1. The highest BCUT2D eigenvalue weighted by Crippen LogP contribution is 2.39. The van der Waals surface area contributed by atoms with Gasteiger partial charge >= 0.3 is 6.09 Å². The van der Waals surface area contributed by atoms with Gasteiger partial charge in [0, 0.05) is 38.9 Å². The number of ether oxygens (including phenoxy) is 3. The van der Waals surface area contributed by atoms with E-state index in [0.29, 0.717) is 59.5 Å². The summed E-state index contributed by atoms with van der Waals surface area (Å²) in [6.45, 7) is 14.1. The first-order valence-electron chi connectivity index (χ1n) is 16.2. The first-order valence-corrected chi connectivity index (χ1v) is 19.9. The van der Waals surface area contributed by atoms with Crippen LogP contribution in [0.4, 0.5) is 13.6 Å². The standard InChI is InChI=1S/C35H48F2N4O6Si/c1-23(25-10-9-11-26(18-25)35(36,37)21-42)39-32(43)28-19-27(24-12-14-40(15-13-24)33(44)47-34(2,3)4)31(45-5)29-20-38-41(30(28)29)22-46-16-17-48(6,7)8/h9-12,18-20,23,42H,13-17,21-22H2,1-8H3,(H,39,43). The Balaban J connectivity index is 1.72. The van der Waals surface area contributed by atoms with Crippen LogP contribution in [0.1, 0.15) is 67.2 Å². The lowest BCUT2D eigenvalue weighted by atomic mass is 9.94. The van der Waals surface area contributed by atoms with Gasteiger partial charge in [0.25, 0.3) is 11.8 Å². The third-order valence-corrected chi connectivity index (χ3v) is 9.80. The van der Waals surface area contributed by atoms with Gasteiger partial charge in [0.05, 0.1) is 35.8 Å². The Hall–Kier alpha value is -3.81. The largest absolute Gasteiger partial charge is 0.495 e. The molecule has 1 aliphatic heterocycles. The van der Waals surface area contributed by atoms with Crippen LogP contribution in [0.2, 0.25) is 25.7 Å². The number of carbonyl (C=O) groups is 2. The summed E-state index contributed by atoms with van der Waals surface area (Å²) in [5.41, 5.74) is 1.92. The average molecular weight is 687 g/mol. The number of nitrogens with zero attached hydrogens (tertiary/aromatic N) is 3. The van der Waals surface area contributed by atoms with Crippen molar-refractivity contribution in [1.82, 2.24) is 20.0 Å². The Morgan fingerprint density at radius 2 is 1.90 bits per heavy atom. The van der Waals surface area contributed by atoms with Crippen LogP contribution < -0.4 is 10.1 Å². The van der Waals surface area contributed by atoms with Gasteiger partial charge in [-0.15, -0.1) is 0 Å². The number of fused-ring (bicyclic) bond motifs is 1. The fraction of sp³-hybridized carbons (Fsp3) is 0.514. The molecule has 2 amide bonds. The van der Waals surface area contributed by atoms with Gasteiger partial charge in [-0.3, -0.25) is 4.79 Å².